The van der Waals surface area contributed by atoms with Gasteiger partial charge in [0.05, 0.1) is 7.11 Å². The molecule has 0 saturated heterocycles. The standard InChI is InChI=1S/C16H14N2O3/c1-10-13(8-11-4-6-12(21-3)7-5-11)15(19)18(2)16(20)14(10)9-17/h4-8H,1-3H3. The summed E-state index contributed by atoms with van der Waals surface area (Å²) in [5.41, 5.74) is 1.54. The Bertz CT molecular complexity index is 706. The molecule has 1 aliphatic rings. The molecule has 21 heavy (non-hydrogen) atoms. The average molecular weight is 282 g/mol. The Kier molecular flexibility index (Phi) is 3.90. The minimum absolute atomic E-state index is 0.00291. The Balaban J connectivity index is 2.52. The maximum atomic E-state index is 12.2. The molecule has 2 rings (SSSR count). The molecule has 1 aromatic carbocycles. The van der Waals surface area contributed by atoms with Gasteiger partial charge in [0.1, 0.15) is 17.4 Å². The van der Waals surface area contributed by atoms with Crippen LogP contribution >= 0.6 is 0 Å². The van der Waals surface area contributed by atoms with E-state index in [-0.39, 0.29) is 5.57 Å². The van der Waals surface area contributed by atoms with Crippen molar-refractivity contribution in [3.63, 3.8) is 0 Å². The number of benzene rings is 1. The third-order valence-electron chi connectivity index (χ3n) is 3.37. The lowest BCUT2D eigenvalue weighted by molar-refractivity contribution is -0.138. The largest absolute Gasteiger partial charge is 0.497 e. The number of methoxy groups -OCH3 is 1. The summed E-state index contributed by atoms with van der Waals surface area (Å²) < 4.78 is 5.07. The zero-order valence-corrected chi connectivity index (χ0v) is 12.0. The van der Waals surface area contributed by atoms with Crippen molar-refractivity contribution in [3.8, 4) is 11.8 Å². The zero-order chi connectivity index (χ0) is 15.6. The van der Waals surface area contributed by atoms with Crippen molar-refractivity contribution >= 4 is 17.9 Å². The second kappa shape index (κ2) is 5.63. The Morgan fingerprint density at radius 2 is 1.81 bits per heavy atom. The highest BCUT2D eigenvalue weighted by atomic mass is 16.5. The van der Waals surface area contributed by atoms with E-state index < -0.39 is 11.8 Å². The van der Waals surface area contributed by atoms with Crippen LogP contribution < -0.4 is 4.74 Å². The fourth-order valence-electron chi connectivity index (χ4n) is 2.06. The van der Waals surface area contributed by atoms with Crippen LogP contribution in [0.15, 0.2) is 41.0 Å². The molecule has 1 aromatic rings. The van der Waals surface area contributed by atoms with Crippen LogP contribution in [0, 0.1) is 11.3 Å². The third kappa shape index (κ3) is 2.56. The Morgan fingerprint density at radius 3 is 2.33 bits per heavy atom. The second-order valence-electron chi connectivity index (χ2n) is 4.61. The fraction of sp³-hybridized carbons (Fsp3) is 0.188. The van der Waals surface area contributed by atoms with E-state index in [0.717, 1.165) is 10.5 Å². The van der Waals surface area contributed by atoms with Gasteiger partial charge in [-0.3, -0.25) is 14.5 Å². The summed E-state index contributed by atoms with van der Waals surface area (Å²) in [6.07, 6.45) is 1.66. The smallest absolute Gasteiger partial charge is 0.271 e. The van der Waals surface area contributed by atoms with Crippen LogP contribution in [0.5, 0.6) is 5.75 Å². The topological polar surface area (TPSA) is 70.4 Å². The summed E-state index contributed by atoms with van der Waals surface area (Å²) in [7, 11) is 2.95. The van der Waals surface area contributed by atoms with Crippen LogP contribution in [-0.4, -0.2) is 30.9 Å². The number of imide groups is 1. The number of rotatable bonds is 2. The van der Waals surface area contributed by atoms with Crippen molar-refractivity contribution in [1.29, 1.82) is 5.26 Å². The van der Waals surface area contributed by atoms with E-state index in [2.05, 4.69) is 0 Å². The molecule has 0 unspecified atom stereocenters. The van der Waals surface area contributed by atoms with E-state index in [4.69, 9.17) is 10.00 Å². The lowest BCUT2D eigenvalue weighted by Gasteiger charge is -2.23. The summed E-state index contributed by atoms with van der Waals surface area (Å²) in [5.74, 6) is -0.261. The van der Waals surface area contributed by atoms with Crippen molar-refractivity contribution in [2.75, 3.05) is 14.2 Å². The summed E-state index contributed by atoms with van der Waals surface area (Å²) in [4.78, 5) is 25.0. The molecule has 0 atom stereocenters. The van der Waals surface area contributed by atoms with Gasteiger partial charge in [0, 0.05) is 12.6 Å². The molecular formula is C16H14N2O3. The second-order valence-corrected chi connectivity index (χ2v) is 4.61. The Labute approximate surface area is 122 Å². The molecule has 0 saturated carbocycles. The fourth-order valence-corrected chi connectivity index (χ4v) is 2.06. The van der Waals surface area contributed by atoms with Crippen molar-refractivity contribution < 1.29 is 14.3 Å². The Hall–Kier alpha value is -2.87. The predicted octanol–water partition coefficient (Wildman–Crippen LogP) is 1.92. The number of likely N-dealkylation sites (N-methyl/N-ethyl adjacent to an activating group) is 1. The molecule has 5 nitrogen and oxygen atoms in total. The summed E-state index contributed by atoms with van der Waals surface area (Å²) in [6, 6.07) is 9.02. The van der Waals surface area contributed by atoms with E-state index in [1.165, 1.54) is 7.05 Å². The van der Waals surface area contributed by atoms with Gasteiger partial charge < -0.3 is 4.74 Å². The molecule has 1 aliphatic heterocycles. The van der Waals surface area contributed by atoms with E-state index in [1.54, 1.807) is 44.4 Å². The highest BCUT2D eigenvalue weighted by Gasteiger charge is 2.32. The molecule has 0 bridgehead atoms. The number of nitrogens with zero attached hydrogens (tertiary/aromatic N) is 2. The van der Waals surface area contributed by atoms with Gasteiger partial charge in [-0.05, 0) is 36.3 Å². The van der Waals surface area contributed by atoms with Crippen molar-refractivity contribution in [1.82, 2.24) is 4.90 Å². The number of hydrogen-bond acceptors (Lipinski definition) is 4. The molecule has 0 aliphatic carbocycles. The highest BCUT2D eigenvalue weighted by molar-refractivity contribution is 6.19. The molecule has 0 radical (unpaired) electrons. The van der Waals surface area contributed by atoms with Crippen LogP contribution in [0.4, 0.5) is 0 Å². The van der Waals surface area contributed by atoms with E-state index in [0.29, 0.717) is 16.9 Å². The van der Waals surface area contributed by atoms with Crippen LogP contribution in [0.1, 0.15) is 12.5 Å². The van der Waals surface area contributed by atoms with Gasteiger partial charge in [-0.15, -0.1) is 0 Å². The Morgan fingerprint density at radius 1 is 1.19 bits per heavy atom. The van der Waals surface area contributed by atoms with Gasteiger partial charge in [-0.1, -0.05) is 12.1 Å². The first-order valence-corrected chi connectivity index (χ1v) is 6.29. The maximum absolute atomic E-state index is 12.2. The number of ether oxygens (including phenoxy) is 1. The van der Waals surface area contributed by atoms with Crippen LogP contribution in [0.25, 0.3) is 6.08 Å². The number of carbonyl (C=O) groups is 2. The number of amides is 2. The number of nitriles is 1. The van der Waals surface area contributed by atoms with Gasteiger partial charge in [0.2, 0.25) is 0 Å². The molecule has 1 heterocycles. The van der Waals surface area contributed by atoms with Gasteiger partial charge in [-0.25, -0.2) is 0 Å². The quantitative estimate of drug-likeness (QED) is 0.613. The minimum atomic E-state index is -0.563. The molecule has 5 heteroatoms. The first-order valence-electron chi connectivity index (χ1n) is 6.29. The first-order chi connectivity index (χ1) is 9.99. The molecule has 0 spiro atoms. The normalized spacial score (nSPS) is 17.2. The first kappa shape index (κ1) is 14.5. The third-order valence-corrected chi connectivity index (χ3v) is 3.37. The van der Waals surface area contributed by atoms with Gasteiger partial charge in [0.25, 0.3) is 11.8 Å². The molecular weight excluding hydrogens is 268 g/mol. The maximum Gasteiger partial charge on any atom is 0.271 e. The van der Waals surface area contributed by atoms with E-state index in [9.17, 15) is 9.59 Å². The van der Waals surface area contributed by atoms with Crippen molar-refractivity contribution in [3.05, 3.63) is 46.5 Å². The van der Waals surface area contributed by atoms with Crippen molar-refractivity contribution in [2.45, 2.75) is 6.92 Å². The molecule has 2 amide bonds. The summed E-state index contributed by atoms with van der Waals surface area (Å²) >= 11 is 0. The number of hydrogen-bond donors (Lipinski definition) is 0. The van der Waals surface area contributed by atoms with Gasteiger partial charge >= 0.3 is 0 Å². The highest BCUT2D eigenvalue weighted by Crippen LogP contribution is 2.26. The van der Waals surface area contributed by atoms with Crippen LogP contribution in [0.2, 0.25) is 0 Å². The zero-order valence-electron chi connectivity index (χ0n) is 12.0. The van der Waals surface area contributed by atoms with Gasteiger partial charge in [-0.2, -0.15) is 5.26 Å². The monoisotopic (exact) mass is 282 g/mol. The van der Waals surface area contributed by atoms with E-state index >= 15 is 0 Å². The van der Waals surface area contributed by atoms with E-state index in [1.807, 2.05) is 6.07 Å². The van der Waals surface area contributed by atoms with Gasteiger partial charge in [0.15, 0.2) is 0 Å². The summed E-state index contributed by atoms with van der Waals surface area (Å²) in [5, 5.41) is 9.08. The number of carbonyl (C=O) groups excluding carboxylic acids is 2. The molecule has 0 aromatic heterocycles. The lowest BCUT2D eigenvalue weighted by Crippen LogP contribution is -2.39. The lowest BCUT2D eigenvalue weighted by atomic mass is 9.94. The van der Waals surface area contributed by atoms with Crippen molar-refractivity contribution in [2.24, 2.45) is 0 Å². The summed E-state index contributed by atoms with van der Waals surface area (Å²) in [6.45, 7) is 1.61. The van der Waals surface area contributed by atoms with Crippen LogP contribution in [0.3, 0.4) is 0 Å². The minimum Gasteiger partial charge on any atom is -0.497 e. The predicted molar refractivity (Wildman–Crippen MR) is 77.1 cm³/mol. The molecule has 106 valence electrons. The molecule has 0 fully saturated rings. The van der Waals surface area contributed by atoms with Crippen LogP contribution in [-0.2, 0) is 9.59 Å². The SMILES string of the molecule is COc1ccc(C=C2C(=O)N(C)C(=O)C(C#N)=C2C)cc1. The average Bonchev–Trinajstić information content (AvgIpc) is 2.51. The molecule has 0 N–H and O–H groups in total.